The largest absolute Gasteiger partial charge is 0.462 e. The number of hydrogen-bond donors (Lipinski definition) is 0. The van der Waals surface area contributed by atoms with Crippen LogP contribution in [0.2, 0.25) is 0 Å². The Morgan fingerprint density at radius 2 is 0.480 bits per heavy atom. The zero-order valence-electron chi connectivity index (χ0n) is 48.8. The van der Waals surface area contributed by atoms with Crippen molar-refractivity contribution < 1.29 is 28.6 Å². The van der Waals surface area contributed by atoms with Crippen LogP contribution in [0, 0.1) is 0 Å². The molecule has 0 rings (SSSR count). The number of ether oxygens (including phenoxy) is 3. The Kier molecular flexibility index (Phi) is 58.9. The summed E-state index contributed by atoms with van der Waals surface area (Å²) in [6.45, 7) is 6.51. The Balaban J connectivity index is 4.53. The van der Waals surface area contributed by atoms with Gasteiger partial charge in [0.1, 0.15) is 13.2 Å². The Morgan fingerprint density at radius 3 is 0.760 bits per heavy atom. The van der Waals surface area contributed by atoms with Gasteiger partial charge in [0.2, 0.25) is 0 Å². The Bertz CT molecular complexity index is 1570. The van der Waals surface area contributed by atoms with Crippen LogP contribution in [-0.2, 0) is 28.6 Å². The van der Waals surface area contributed by atoms with Gasteiger partial charge in [-0.25, -0.2) is 0 Å². The van der Waals surface area contributed by atoms with Crippen LogP contribution >= 0.6 is 0 Å². The Hall–Kier alpha value is -4.19. The lowest BCUT2D eigenvalue weighted by molar-refractivity contribution is -0.167. The molecule has 0 aliphatic carbocycles. The molecular formula is C69H114O6. The summed E-state index contributed by atoms with van der Waals surface area (Å²) in [5.41, 5.74) is 0. The smallest absolute Gasteiger partial charge is 0.306 e. The van der Waals surface area contributed by atoms with Crippen molar-refractivity contribution in [3.63, 3.8) is 0 Å². The average Bonchev–Trinajstić information content (AvgIpc) is 3.41. The predicted molar refractivity (Wildman–Crippen MR) is 325 cm³/mol. The van der Waals surface area contributed by atoms with Gasteiger partial charge in [-0.15, -0.1) is 0 Å². The van der Waals surface area contributed by atoms with Gasteiger partial charge in [-0.1, -0.05) is 239 Å². The van der Waals surface area contributed by atoms with Gasteiger partial charge < -0.3 is 14.2 Å². The minimum Gasteiger partial charge on any atom is -0.462 e. The van der Waals surface area contributed by atoms with E-state index in [4.69, 9.17) is 14.2 Å². The zero-order chi connectivity index (χ0) is 54.3. The molecule has 6 nitrogen and oxygen atoms in total. The van der Waals surface area contributed by atoms with E-state index in [0.717, 1.165) is 116 Å². The van der Waals surface area contributed by atoms with Gasteiger partial charge in [-0.2, -0.15) is 0 Å². The van der Waals surface area contributed by atoms with Crippen molar-refractivity contribution in [2.45, 2.75) is 284 Å². The molecule has 0 amide bonds. The molecule has 0 aromatic heterocycles. The van der Waals surface area contributed by atoms with E-state index in [-0.39, 0.29) is 37.5 Å². The van der Waals surface area contributed by atoms with Crippen LogP contribution in [0.25, 0.3) is 0 Å². The normalized spacial score (nSPS) is 12.9. The molecule has 0 aromatic carbocycles. The van der Waals surface area contributed by atoms with E-state index in [2.05, 4.69) is 142 Å². The SMILES string of the molecule is CCCCC/C=C/C/C=C/C/C=C/C/C=C/CCCCCC(=O)OC[C@@H](COC(=O)CCCCCCCCCCC/C=C/C/C=C/CCCCC)OC(=O)CCCCC/C=C/C/C=C/C/C=C/C/C=C/CCCCC. The molecule has 0 unspecified atom stereocenters. The Labute approximate surface area is 462 Å². The number of unbranched alkanes of at least 4 members (excludes halogenated alkanes) is 24. The van der Waals surface area contributed by atoms with Gasteiger partial charge in [0.15, 0.2) is 6.10 Å². The topological polar surface area (TPSA) is 78.9 Å². The standard InChI is InChI=1S/C69H114O6/c1-4-7-10-13-16-19-22-25-28-31-34-37-40-43-46-49-52-55-58-61-67(70)73-64-66(75-69(72)63-60-57-54-51-48-45-42-39-36-33-30-27-24-21-18-15-12-9-6-3)65-74-68(71)62-59-56-53-50-47-44-41-38-35-32-29-26-23-20-17-14-11-8-5-2/h16-21,25-30,34,36-37,39,43,45-46,48,66H,4-15,22-24,31-33,35,38,40-42,44,47,49-65H2,1-3H3/b19-16+,20-17+,21-18+,28-25+,29-26+,30-27+,37-34+,39-36+,46-43+,48-45+/t66-/m0/s1. The minimum absolute atomic E-state index is 0.106. The molecule has 75 heavy (non-hydrogen) atoms. The minimum atomic E-state index is -0.815. The zero-order valence-corrected chi connectivity index (χ0v) is 48.8. The molecule has 0 aliphatic heterocycles. The number of hydrogen-bond acceptors (Lipinski definition) is 6. The molecule has 0 heterocycles. The molecule has 0 aliphatic rings. The summed E-state index contributed by atoms with van der Waals surface area (Å²) in [6, 6.07) is 0. The molecule has 1 atom stereocenters. The Morgan fingerprint density at radius 1 is 0.267 bits per heavy atom. The highest BCUT2D eigenvalue weighted by Crippen LogP contribution is 2.14. The second-order valence-corrected chi connectivity index (χ2v) is 20.2. The molecule has 0 saturated carbocycles. The van der Waals surface area contributed by atoms with Gasteiger partial charge in [-0.05, 0) is 141 Å². The van der Waals surface area contributed by atoms with E-state index >= 15 is 0 Å². The summed E-state index contributed by atoms with van der Waals surface area (Å²) in [5.74, 6) is -0.971. The molecule has 0 bridgehead atoms. The molecule has 0 aromatic rings. The van der Waals surface area contributed by atoms with Gasteiger partial charge in [0.05, 0.1) is 0 Å². The van der Waals surface area contributed by atoms with Crippen molar-refractivity contribution in [2.24, 2.45) is 0 Å². The first-order chi connectivity index (χ1) is 37.0. The maximum absolute atomic E-state index is 12.9. The van der Waals surface area contributed by atoms with Crippen LogP contribution in [0.1, 0.15) is 278 Å². The predicted octanol–water partition coefficient (Wildman–Crippen LogP) is 21.2. The lowest BCUT2D eigenvalue weighted by atomic mass is 10.1. The number of esters is 3. The number of rotatable bonds is 55. The molecule has 0 saturated heterocycles. The summed E-state index contributed by atoms with van der Waals surface area (Å²) in [4.78, 5) is 38.3. The van der Waals surface area contributed by atoms with E-state index in [1.54, 1.807) is 0 Å². The second-order valence-electron chi connectivity index (χ2n) is 20.2. The van der Waals surface area contributed by atoms with Gasteiger partial charge in [0.25, 0.3) is 0 Å². The number of allylic oxidation sites excluding steroid dienone is 20. The molecule has 0 N–H and O–H groups in total. The molecule has 0 radical (unpaired) electrons. The van der Waals surface area contributed by atoms with Crippen LogP contribution in [0.4, 0.5) is 0 Å². The number of carbonyl (C=O) groups is 3. The first-order valence-corrected chi connectivity index (χ1v) is 31.0. The van der Waals surface area contributed by atoms with Crippen molar-refractivity contribution in [1.29, 1.82) is 0 Å². The molecule has 0 spiro atoms. The average molecular weight is 1040 g/mol. The summed E-state index contributed by atoms with van der Waals surface area (Å²) in [5, 5.41) is 0. The fourth-order valence-corrected chi connectivity index (χ4v) is 8.20. The molecule has 0 fully saturated rings. The molecule has 6 heteroatoms. The van der Waals surface area contributed by atoms with E-state index in [0.29, 0.717) is 12.8 Å². The fourth-order valence-electron chi connectivity index (χ4n) is 8.20. The van der Waals surface area contributed by atoms with Crippen molar-refractivity contribution in [3.8, 4) is 0 Å². The third kappa shape index (κ3) is 60.6. The van der Waals surface area contributed by atoms with Crippen LogP contribution in [-0.4, -0.2) is 37.2 Å². The van der Waals surface area contributed by atoms with Crippen LogP contribution in [0.3, 0.4) is 0 Å². The van der Waals surface area contributed by atoms with Gasteiger partial charge in [0, 0.05) is 19.3 Å². The summed E-state index contributed by atoms with van der Waals surface area (Å²) in [7, 11) is 0. The van der Waals surface area contributed by atoms with Gasteiger partial charge >= 0.3 is 17.9 Å². The lowest BCUT2D eigenvalue weighted by Crippen LogP contribution is -2.30. The van der Waals surface area contributed by atoms with Crippen molar-refractivity contribution >= 4 is 17.9 Å². The van der Waals surface area contributed by atoms with Crippen LogP contribution < -0.4 is 0 Å². The first-order valence-electron chi connectivity index (χ1n) is 31.0. The number of carbonyl (C=O) groups excluding carboxylic acids is 3. The lowest BCUT2D eigenvalue weighted by Gasteiger charge is -2.18. The van der Waals surface area contributed by atoms with Crippen LogP contribution in [0.15, 0.2) is 122 Å². The summed E-state index contributed by atoms with van der Waals surface area (Å²) >= 11 is 0. The quantitative estimate of drug-likeness (QED) is 0.0261. The first kappa shape index (κ1) is 70.8. The van der Waals surface area contributed by atoms with Crippen molar-refractivity contribution in [2.75, 3.05) is 13.2 Å². The summed E-state index contributed by atoms with van der Waals surface area (Å²) in [6.07, 6.45) is 86.1. The maximum atomic E-state index is 12.9. The molecular weight excluding hydrogens is 925 g/mol. The van der Waals surface area contributed by atoms with Gasteiger partial charge in [-0.3, -0.25) is 14.4 Å². The van der Waals surface area contributed by atoms with Crippen molar-refractivity contribution in [1.82, 2.24) is 0 Å². The third-order valence-corrected chi connectivity index (χ3v) is 12.9. The fraction of sp³-hybridized carbons (Fsp3) is 0.667. The van der Waals surface area contributed by atoms with Crippen molar-refractivity contribution in [3.05, 3.63) is 122 Å². The monoisotopic (exact) mass is 1040 g/mol. The van der Waals surface area contributed by atoms with E-state index in [1.807, 2.05) is 0 Å². The van der Waals surface area contributed by atoms with E-state index in [9.17, 15) is 14.4 Å². The third-order valence-electron chi connectivity index (χ3n) is 12.9. The second kappa shape index (κ2) is 62.4. The highest BCUT2D eigenvalue weighted by molar-refractivity contribution is 5.71. The highest BCUT2D eigenvalue weighted by atomic mass is 16.6. The van der Waals surface area contributed by atoms with Crippen LogP contribution in [0.5, 0.6) is 0 Å². The van der Waals surface area contributed by atoms with E-state index < -0.39 is 6.10 Å². The summed E-state index contributed by atoms with van der Waals surface area (Å²) < 4.78 is 16.9. The molecule has 426 valence electrons. The van der Waals surface area contributed by atoms with E-state index in [1.165, 1.54) is 122 Å². The highest BCUT2D eigenvalue weighted by Gasteiger charge is 2.19. The maximum Gasteiger partial charge on any atom is 0.306 e.